The van der Waals surface area contributed by atoms with Crippen LogP contribution in [-0.2, 0) is 6.54 Å². The van der Waals surface area contributed by atoms with Gasteiger partial charge in [0.05, 0.1) is 15.7 Å². The highest BCUT2D eigenvalue weighted by molar-refractivity contribution is 7.16. The quantitative estimate of drug-likeness (QED) is 0.820. The van der Waals surface area contributed by atoms with Gasteiger partial charge in [-0.3, -0.25) is 0 Å². The lowest BCUT2D eigenvalue weighted by atomic mass is 10.2. The van der Waals surface area contributed by atoms with Gasteiger partial charge in [0.25, 0.3) is 0 Å². The number of halogens is 2. The van der Waals surface area contributed by atoms with Crippen LogP contribution in [0.4, 0.5) is 11.4 Å². The Kier molecular flexibility index (Phi) is 3.59. The van der Waals surface area contributed by atoms with Crippen LogP contribution in [0.5, 0.6) is 0 Å². The van der Waals surface area contributed by atoms with E-state index in [4.69, 9.17) is 28.9 Å². The standard InChI is InChI=1S/C11H10Cl2N2S/c12-7-1-3-9(14)10(5-7)15-6-8-2-4-11(13)16-8/h1-5,15H,6,14H2. The molecule has 2 aromatic rings. The fourth-order valence-corrected chi connectivity index (χ4v) is 2.51. The number of thiophene rings is 1. The average molecular weight is 273 g/mol. The zero-order chi connectivity index (χ0) is 11.5. The van der Waals surface area contributed by atoms with Crippen molar-refractivity contribution >= 4 is 45.9 Å². The molecule has 0 saturated carbocycles. The first-order valence-electron chi connectivity index (χ1n) is 4.68. The highest BCUT2D eigenvalue weighted by atomic mass is 35.5. The number of rotatable bonds is 3. The summed E-state index contributed by atoms with van der Waals surface area (Å²) in [5, 5.41) is 3.89. The van der Waals surface area contributed by atoms with Crippen molar-refractivity contribution in [3.63, 3.8) is 0 Å². The molecule has 1 aromatic heterocycles. The Bertz CT molecular complexity index is 496. The van der Waals surface area contributed by atoms with Crippen molar-refractivity contribution < 1.29 is 0 Å². The van der Waals surface area contributed by atoms with E-state index in [1.54, 1.807) is 23.5 Å². The van der Waals surface area contributed by atoms with Gasteiger partial charge >= 0.3 is 0 Å². The second-order valence-corrected chi connectivity index (χ2v) is 5.53. The zero-order valence-corrected chi connectivity index (χ0v) is 10.7. The molecule has 0 fully saturated rings. The van der Waals surface area contributed by atoms with Crippen LogP contribution >= 0.6 is 34.5 Å². The van der Waals surface area contributed by atoms with Crippen molar-refractivity contribution in [2.45, 2.75) is 6.54 Å². The molecule has 2 nitrogen and oxygen atoms in total. The van der Waals surface area contributed by atoms with E-state index in [-0.39, 0.29) is 0 Å². The summed E-state index contributed by atoms with van der Waals surface area (Å²) in [7, 11) is 0. The Balaban J connectivity index is 2.07. The molecular formula is C11H10Cl2N2S. The lowest BCUT2D eigenvalue weighted by Gasteiger charge is -2.08. The maximum Gasteiger partial charge on any atom is 0.0931 e. The van der Waals surface area contributed by atoms with Crippen molar-refractivity contribution in [2.75, 3.05) is 11.1 Å². The van der Waals surface area contributed by atoms with Gasteiger partial charge in [-0.15, -0.1) is 11.3 Å². The van der Waals surface area contributed by atoms with Crippen LogP contribution in [0.15, 0.2) is 30.3 Å². The minimum absolute atomic E-state index is 0.668. The van der Waals surface area contributed by atoms with Crippen LogP contribution in [0.25, 0.3) is 0 Å². The molecule has 16 heavy (non-hydrogen) atoms. The predicted molar refractivity (Wildman–Crippen MR) is 72.5 cm³/mol. The molecule has 0 spiro atoms. The van der Waals surface area contributed by atoms with E-state index in [9.17, 15) is 0 Å². The van der Waals surface area contributed by atoms with Gasteiger partial charge in [0, 0.05) is 16.4 Å². The van der Waals surface area contributed by atoms with Gasteiger partial charge in [0.1, 0.15) is 0 Å². The first kappa shape index (κ1) is 11.6. The minimum Gasteiger partial charge on any atom is -0.397 e. The summed E-state index contributed by atoms with van der Waals surface area (Å²) in [6, 6.07) is 9.23. The number of hydrogen-bond acceptors (Lipinski definition) is 3. The Morgan fingerprint density at radius 3 is 2.69 bits per heavy atom. The number of anilines is 2. The van der Waals surface area contributed by atoms with Crippen molar-refractivity contribution in [2.24, 2.45) is 0 Å². The van der Waals surface area contributed by atoms with Gasteiger partial charge < -0.3 is 11.1 Å². The van der Waals surface area contributed by atoms with Crippen molar-refractivity contribution in [1.82, 2.24) is 0 Å². The number of nitrogens with one attached hydrogen (secondary N) is 1. The Morgan fingerprint density at radius 2 is 2.00 bits per heavy atom. The van der Waals surface area contributed by atoms with Gasteiger partial charge in [-0.05, 0) is 30.3 Å². The SMILES string of the molecule is Nc1ccc(Cl)cc1NCc1ccc(Cl)s1. The molecule has 0 aliphatic rings. The lowest BCUT2D eigenvalue weighted by Crippen LogP contribution is -2.00. The smallest absolute Gasteiger partial charge is 0.0931 e. The van der Waals surface area contributed by atoms with Crippen molar-refractivity contribution in [3.8, 4) is 0 Å². The maximum atomic E-state index is 5.89. The lowest BCUT2D eigenvalue weighted by molar-refractivity contribution is 1.19. The van der Waals surface area contributed by atoms with Crippen LogP contribution in [0.3, 0.4) is 0 Å². The van der Waals surface area contributed by atoms with Crippen molar-refractivity contribution in [1.29, 1.82) is 0 Å². The van der Waals surface area contributed by atoms with Crippen LogP contribution in [0.2, 0.25) is 9.36 Å². The third-order valence-corrected chi connectivity index (χ3v) is 3.56. The maximum absolute atomic E-state index is 5.89. The van der Waals surface area contributed by atoms with Gasteiger partial charge in [-0.25, -0.2) is 0 Å². The fraction of sp³-hybridized carbons (Fsp3) is 0.0909. The van der Waals surface area contributed by atoms with E-state index in [0.29, 0.717) is 17.3 Å². The van der Waals surface area contributed by atoms with Gasteiger partial charge in [-0.1, -0.05) is 23.2 Å². The molecule has 5 heteroatoms. The Hall–Kier alpha value is -0.900. The van der Waals surface area contributed by atoms with E-state index >= 15 is 0 Å². The van der Waals surface area contributed by atoms with Gasteiger partial charge in [-0.2, -0.15) is 0 Å². The molecule has 0 atom stereocenters. The highest BCUT2D eigenvalue weighted by Crippen LogP contribution is 2.26. The van der Waals surface area contributed by atoms with E-state index < -0.39 is 0 Å². The Labute approximate surface area is 108 Å². The molecule has 84 valence electrons. The first-order valence-corrected chi connectivity index (χ1v) is 6.25. The monoisotopic (exact) mass is 272 g/mol. The second-order valence-electron chi connectivity index (χ2n) is 3.29. The third-order valence-electron chi connectivity index (χ3n) is 2.10. The summed E-state index contributed by atoms with van der Waals surface area (Å²) in [6.07, 6.45) is 0. The van der Waals surface area contributed by atoms with Crippen LogP contribution in [0.1, 0.15) is 4.88 Å². The summed E-state index contributed by atoms with van der Waals surface area (Å²) in [4.78, 5) is 1.16. The fourth-order valence-electron chi connectivity index (χ4n) is 1.31. The second kappa shape index (κ2) is 4.95. The summed E-state index contributed by atoms with van der Waals surface area (Å²) in [6.45, 7) is 0.696. The number of benzene rings is 1. The highest BCUT2D eigenvalue weighted by Gasteiger charge is 2.01. The molecule has 1 heterocycles. The number of nitrogen functional groups attached to an aromatic ring is 1. The first-order chi connectivity index (χ1) is 7.65. The normalized spacial score (nSPS) is 10.4. The van der Waals surface area contributed by atoms with E-state index in [0.717, 1.165) is 14.9 Å². The number of nitrogens with two attached hydrogens (primary N) is 1. The summed E-state index contributed by atoms with van der Waals surface area (Å²) in [5.74, 6) is 0. The predicted octanol–water partition coefficient (Wildman–Crippen LogP) is 4.25. The Morgan fingerprint density at radius 1 is 1.19 bits per heavy atom. The molecule has 0 amide bonds. The molecule has 1 aromatic carbocycles. The molecule has 0 saturated heterocycles. The molecule has 0 unspecified atom stereocenters. The van der Waals surface area contributed by atoms with Crippen molar-refractivity contribution in [3.05, 3.63) is 44.6 Å². The minimum atomic E-state index is 0.668. The van der Waals surface area contributed by atoms with Gasteiger partial charge in [0.15, 0.2) is 0 Å². The zero-order valence-electron chi connectivity index (χ0n) is 8.34. The topological polar surface area (TPSA) is 38.0 Å². The summed E-state index contributed by atoms with van der Waals surface area (Å²) in [5.41, 5.74) is 7.35. The molecule has 2 rings (SSSR count). The van der Waals surface area contributed by atoms with E-state index in [2.05, 4.69) is 5.32 Å². The third kappa shape index (κ3) is 2.82. The molecule has 0 bridgehead atoms. The molecule has 0 radical (unpaired) electrons. The van der Waals surface area contributed by atoms with Gasteiger partial charge in [0.2, 0.25) is 0 Å². The molecule has 3 N–H and O–H groups in total. The number of hydrogen-bond donors (Lipinski definition) is 2. The van der Waals surface area contributed by atoms with Crippen LogP contribution in [-0.4, -0.2) is 0 Å². The largest absolute Gasteiger partial charge is 0.397 e. The van der Waals surface area contributed by atoms with E-state index in [1.165, 1.54) is 0 Å². The molecule has 0 aliphatic heterocycles. The summed E-state index contributed by atoms with van der Waals surface area (Å²) >= 11 is 13.3. The van der Waals surface area contributed by atoms with E-state index in [1.807, 2.05) is 18.2 Å². The average Bonchev–Trinajstić information content (AvgIpc) is 2.66. The molecule has 0 aliphatic carbocycles. The molecular weight excluding hydrogens is 263 g/mol. The van der Waals surface area contributed by atoms with Crippen LogP contribution in [0, 0.1) is 0 Å². The summed E-state index contributed by atoms with van der Waals surface area (Å²) < 4.78 is 0.788. The van der Waals surface area contributed by atoms with Crippen LogP contribution < -0.4 is 11.1 Å².